The number of amides is 1. The van der Waals surface area contributed by atoms with Crippen molar-refractivity contribution < 1.29 is 9.53 Å². The summed E-state index contributed by atoms with van der Waals surface area (Å²) < 4.78 is 7.51. The highest BCUT2D eigenvalue weighted by molar-refractivity contribution is 7.99. The van der Waals surface area contributed by atoms with Crippen LogP contribution in [0.2, 0.25) is 0 Å². The molecule has 202 valence electrons. The number of hydrogen-bond donors (Lipinski definition) is 1. The summed E-state index contributed by atoms with van der Waals surface area (Å²) >= 11 is 1.28. The molecule has 4 aromatic carbocycles. The van der Waals surface area contributed by atoms with Gasteiger partial charge in [-0.2, -0.15) is 5.10 Å². The molecule has 6 aromatic rings. The van der Waals surface area contributed by atoms with Crippen LogP contribution in [0, 0.1) is 0 Å². The van der Waals surface area contributed by atoms with E-state index in [9.17, 15) is 4.79 Å². The molecule has 0 saturated heterocycles. The molecule has 0 atom stereocenters. The topological polar surface area (TPSA) is 94.3 Å². The second kappa shape index (κ2) is 12.0. The number of carbonyl (C=O) groups is 1. The summed E-state index contributed by atoms with van der Waals surface area (Å²) in [5, 5.41) is 18.1. The zero-order chi connectivity index (χ0) is 28.0. The van der Waals surface area contributed by atoms with Crippen LogP contribution in [-0.4, -0.2) is 44.2 Å². The monoisotopic (exact) mass is 558 g/mol. The van der Waals surface area contributed by atoms with Crippen molar-refractivity contribution in [1.82, 2.24) is 25.2 Å². The lowest BCUT2D eigenvalue weighted by molar-refractivity contribution is -0.118. The van der Waals surface area contributed by atoms with E-state index in [-0.39, 0.29) is 11.7 Å². The smallest absolute Gasteiger partial charge is 0.250 e. The average molecular weight is 559 g/mol. The minimum Gasteiger partial charge on any atom is -0.494 e. The molecule has 9 heteroatoms. The molecule has 0 saturated carbocycles. The molecule has 0 unspecified atom stereocenters. The lowest BCUT2D eigenvalue weighted by atomic mass is 9.97. The van der Waals surface area contributed by atoms with Gasteiger partial charge < -0.3 is 4.74 Å². The normalized spacial score (nSPS) is 11.3. The maximum Gasteiger partial charge on any atom is 0.250 e. The number of aromatic nitrogens is 4. The Labute approximate surface area is 241 Å². The molecule has 0 aliphatic carbocycles. The number of hydrazone groups is 1. The number of nitrogens with zero attached hydrogens (tertiary/aromatic N) is 5. The Balaban J connectivity index is 1.22. The number of thioether (sulfide) groups is 1. The largest absolute Gasteiger partial charge is 0.494 e. The number of rotatable bonds is 9. The Morgan fingerprint density at radius 3 is 2.37 bits per heavy atom. The first kappa shape index (κ1) is 26.2. The van der Waals surface area contributed by atoms with Gasteiger partial charge in [0.2, 0.25) is 0 Å². The van der Waals surface area contributed by atoms with Crippen LogP contribution in [0.25, 0.3) is 38.6 Å². The van der Waals surface area contributed by atoms with E-state index in [2.05, 4.69) is 56.0 Å². The molecule has 6 rings (SSSR count). The van der Waals surface area contributed by atoms with Gasteiger partial charge in [0.05, 0.1) is 18.6 Å². The van der Waals surface area contributed by atoms with Crippen LogP contribution in [0.3, 0.4) is 0 Å². The molecule has 0 aliphatic rings. The standard InChI is InChI=1S/C32H26N6O2S/c1-2-40-26-15-13-25(14-16-26)38-31(24-10-7-17-33-19-24)36-37-32(38)41-21-30(39)35-34-20-29-27-11-5-3-8-22(27)18-23-9-4-6-12-28(23)29/h3-20H,2,21H2,1H3,(H,35,39)/b34-20+. The van der Waals surface area contributed by atoms with E-state index in [0.29, 0.717) is 17.6 Å². The van der Waals surface area contributed by atoms with Gasteiger partial charge in [0.15, 0.2) is 11.0 Å². The minimum absolute atomic E-state index is 0.107. The van der Waals surface area contributed by atoms with E-state index in [4.69, 9.17) is 4.74 Å². The van der Waals surface area contributed by atoms with Crippen molar-refractivity contribution in [1.29, 1.82) is 0 Å². The third kappa shape index (κ3) is 5.66. The number of nitrogens with one attached hydrogen (secondary N) is 1. The second-order valence-electron chi connectivity index (χ2n) is 9.12. The lowest BCUT2D eigenvalue weighted by Crippen LogP contribution is -2.20. The molecule has 2 aromatic heterocycles. The number of ether oxygens (including phenoxy) is 1. The van der Waals surface area contributed by atoms with E-state index in [1.807, 2.05) is 72.2 Å². The first-order valence-electron chi connectivity index (χ1n) is 13.2. The fraction of sp³-hybridized carbons (Fsp3) is 0.0938. The average Bonchev–Trinajstić information content (AvgIpc) is 3.44. The van der Waals surface area contributed by atoms with Gasteiger partial charge in [-0.05, 0) is 70.9 Å². The van der Waals surface area contributed by atoms with E-state index < -0.39 is 0 Å². The summed E-state index contributed by atoms with van der Waals surface area (Å²) in [5.74, 6) is 1.26. The fourth-order valence-electron chi connectivity index (χ4n) is 4.66. The van der Waals surface area contributed by atoms with Crippen LogP contribution in [-0.2, 0) is 4.79 Å². The second-order valence-corrected chi connectivity index (χ2v) is 10.1. The lowest BCUT2D eigenvalue weighted by Gasteiger charge is -2.11. The summed E-state index contributed by atoms with van der Waals surface area (Å²) in [6.07, 6.45) is 5.17. The van der Waals surface area contributed by atoms with Gasteiger partial charge in [0.1, 0.15) is 5.75 Å². The molecular formula is C32H26N6O2S. The number of hydrogen-bond acceptors (Lipinski definition) is 7. The zero-order valence-corrected chi connectivity index (χ0v) is 23.1. The van der Waals surface area contributed by atoms with Crippen molar-refractivity contribution in [2.45, 2.75) is 12.1 Å². The van der Waals surface area contributed by atoms with Gasteiger partial charge in [-0.1, -0.05) is 60.3 Å². The van der Waals surface area contributed by atoms with Crippen LogP contribution in [0.5, 0.6) is 5.75 Å². The van der Waals surface area contributed by atoms with Crippen LogP contribution >= 0.6 is 11.8 Å². The summed E-state index contributed by atoms with van der Waals surface area (Å²) in [4.78, 5) is 17.1. The molecule has 1 amide bonds. The number of carbonyl (C=O) groups excluding carboxylic acids is 1. The van der Waals surface area contributed by atoms with Crippen LogP contribution in [0.1, 0.15) is 12.5 Å². The third-order valence-corrected chi connectivity index (χ3v) is 7.42. The van der Waals surface area contributed by atoms with E-state index >= 15 is 0 Å². The zero-order valence-electron chi connectivity index (χ0n) is 22.3. The molecular weight excluding hydrogens is 532 g/mol. The van der Waals surface area contributed by atoms with Gasteiger partial charge >= 0.3 is 0 Å². The van der Waals surface area contributed by atoms with E-state index in [1.165, 1.54) is 11.8 Å². The molecule has 0 fully saturated rings. The Bertz CT molecular complexity index is 1800. The highest BCUT2D eigenvalue weighted by Crippen LogP contribution is 2.29. The van der Waals surface area contributed by atoms with Crippen molar-refractivity contribution in [3.8, 4) is 22.8 Å². The Kier molecular flexibility index (Phi) is 7.68. The van der Waals surface area contributed by atoms with Crippen LogP contribution in [0.4, 0.5) is 0 Å². The van der Waals surface area contributed by atoms with E-state index in [1.54, 1.807) is 18.6 Å². The third-order valence-electron chi connectivity index (χ3n) is 6.49. The van der Waals surface area contributed by atoms with Crippen LogP contribution in [0.15, 0.2) is 114 Å². The summed E-state index contributed by atoms with van der Waals surface area (Å²) in [7, 11) is 0. The van der Waals surface area contributed by atoms with Crippen molar-refractivity contribution in [3.05, 3.63) is 109 Å². The molecule has 8 nitrogen and oxygen atoms in total. The van der Waals surface area contributed by atoms with E-state index in [0.717, 1.165) is 44.1 Å². The van der Waals surface area contributed by atoms with Gasteiger partial charge in [-0.25, -0.2) is 5.43 Å². The van der Waals surface area contributed by atoms with Crippen LogP contribution < -0.4 is 10.2 Å². The molecule has 0 radical (unpaired) electrons. The maximum atomic E-state index is 12.8. The predicted molar refractivity (Wildman–Crippen MR) is 164 cm³/mol. The molecule has 0 spiro atoms. The highest BCUT2D eigenvalue weighted by Gasteiger charge is 2.17. The van der Waals surface area contributed by atoms with Crippen molar-refractivity contribution in [2.75, 3.05) is 12.4 Å². The van der Waals surface area contributed by atoms with Gasteiger partial charge in [-0.3, -0.25) is 14.3 Å². The fourth-order valence-corrected chi connectivity index (χ4v) is 5.40. The van der Waals surface area contributed by atoms with Gasteiger partial charge in [0.25, 0.3) is 5.91 Å². The number of benzene rings is 4. The first-order chi connectivity index (χ1) is 20.2. The molecule has 41 heavy (non-hydrogen) atoms. The van der Waals surface area contributed by atoms with Gasteiger partial charge in [0, 0.05) is 29.2 Å². The summed E-state index contributed by atoms with van der Waals surface area (Å²) in [6, 6.07) is 30.0. The first-order valence-corrected chi connectivity index (χ1v) is 14.1. The molecule has 0 bridgehead atoms. The highest BCUT2D eigenvalue weighted by atomic mass is 32.2. The predicted octanol–water partition coefficient (Wildman–Crippen LogP) is 6.28. The van der Waals surface area contributed by atoms with Crippen molar-refractivity contribution in [2.24, 2.45) is 5.10 Å². The van der Waals surface area contributed by atoms with Crippen molar-refractivity contribution >= 4 is 45.4 Å². The maximum absolute atomic E-state index is 12.8. The van der Waals surface area contributed by atoms with Crippen molar-refractivity contribution in [3.63, 3.8) is 0 Å². The summed E-state index contributed by atoms with van der Waals surface area (Å²) in [5.41, 5.74) is 5.30. The summed E-state index contributed by atoms with van der Waals surface area (Å²) in [6.45, 7) is 2.53. The quantitative estimate of drug-likeness (QED) is 0.0972. The number of pyridine rings is 1. The Morgan fingerprint density at radius 2 is 1.68 bits per heavy atom. The molecule has 0 aliphatic heterocycles. The Morgan fingerprint density at radius 1 is 0.951 bits per heavy atom. The molecule has 2 heterocycles. The SMILES string of the molecule is CCOc1ccc(-n2c(SCC(=O)N/N=C/c3c4ccccc4cc4ccccc34)nnc2-c2cccnc2)cc1. The number of fused-ring (bicyclic) bond motifs is 2. The van der Waals surface area contributed by atoms with Gasteiger partial charge in [-0.15, -0.1) is 10.2 Å². The Hall–Kier alpha value is -5.02. The molecule has 1 N–H and O–H groups in total. The minimum atomic E-state index is -0.250.